The van der Waals surface area contributed by atoms with Gasteiger partial charge in [-0.1, -0.05) is 18.7 Å². The molecule has 76 valence electrons. The molecule has 0 N–H and O–H groups in total. The smallest absolute Gasteiger partial charge is 0.306 e. The fourth-order valence-corrected chi connectivity index (χ4v) is 1.27. The minimum Gasteiger partial charge on any atom is -0.466 e. The topological polar surface area (TPSA) is 26.3 Å². The van der Waals surface area contributed by atoms with Gasteiger partial charge in [-0.15, -0.1) is 0 Å². The summed E-state index contributed by atoms with van der Waals surface area (Å²) in [6.07, 6.45) is 4.84. The molecular formula is C11H13FO2. The number of rotatable bonds is 3. The Balaban J connectivity index is 2.55. The standard InChI is InChI=1S/C11H13FO2/c1-3-14-11(13)7-9-5-4-6-10(12)8(9)2/h4-6,9H,2-3,7H2,1H3. The quantitative estimate of drug-likeness (QED) is 0.648. The van der Waals surface area contributed by atoms with Crippen molar-refractivity contribution in [1.82, 2.24) is 0 Å². The van der Waals surface area contributed by atoms with E-state index in [1.807, 2.05) is 0 Å². The summed E-state index contributed by atoms with van der Waals surface area (Å²) in [5.41, 5.74) is 0.348. The molecule has 1 aliphatic rings. The molecule has 0 saturated heterocycles. The molecule has 0 aromatic rings. The van der Waals surface area contributed by atoms with Gasteiger partial charge in [-0.3, -0.25) is 4.79 Å². The van der Waals surface area contributed by atoms with Crippen LogP contribution in [0.2, 0.25) is 0 Å². The number of hydrogen-bond donors (Lipinski definition) is 0. The highest BCUT2D eigenvalue weighted by Crippen LogP contribution is 2.27. The van der Waals surface area contributed by atoms with Crippen LogP contribution in [-0.2, 0) is 9.53 Å². The summed E-state index contributed by atoms with van der Waals surface area (Å²) in [5.74, 6) is -0.946. The van der Waals surface area contributed by atoms with Crippen LogP contribution >= 0.6 is 0 Å². The highest BCUT2D eigenvalue weighted by Gasteiger charge is 2.19. The zero-order valence-corrected chi connectivity index (χ0v) is 8.13. The summed E-state index contributed by atoms with van der Waals surface area (Å²) in [6.45, 7) is 5.67. The van der Waals surface area contributed by atoms with Crippen LogP contribution in [-0.4, -0.2) is 12.6 Å². The Morgan fingerprint density at radius 3 is 3.07 bits per heavy atom. The van der Waals surface area contributed by atoms with Crippen molar-refractivity contribution in [1.29, 1.82) is 0 Å². The lowest BCUT2D eigenvalue weighted by Gasteiger charge is -2.16. The average Bonchev–Trinajstić information content (AvgIpc) is 2.13. The van der Waals surface area contributed by atoms with Gasteiger partial charge in [0.2, 0.25) is 0 Å². The predicted octanol–water partition coefficient (Wildman–Crippen LogP) is 2.54. The first kappa shape index (κ1) is 10.7. The molecule has 0 aromatic heterocycles. The van der Waals surface area contributed by atoms with Gasteiger partial charge in [0.1, 0.15) is 5.83 Å². The number of ether oxygens (including phenoxy) is 1. The molecule has 0 bridgehead atoms. The first-order chi connectivity index (χ1) is 6.65. The first-order valence-corrected chi connectivity index (χ1v) is 4.54. The molecule has 0 fully saturated rings. The van der Waals surface area contributed by atoms with Crippen molar-refractivity contribution in [3.05, 3.63) is 36.2 Å². The van der Waals surface area contributed by atoms with Crippen LogP contribution in [0.5, 0.6) is 0 Å². The van der Waals surface area contributed by atoms with E-state index in [-0.39, 0.29) is 24.1 Å². The van der Waals surface area contributed by atoms with Crippen molar-refractivity contribution in [3.8, 4) is 0 Å². The van der Waals surface area contributed by atoms with Gasteiger partial charge in [-0.05, 0) is 18.6 Å². The number of halogens is 1. The Morgan fingerprint density at radius 1 is 1.71 bits per heavy atom. The maximum absolute atomic E-state index is 13.0. The number of allylic oxidation sites excluding steroid dienone is 5. The summed E-state index contributed by atoms with van der Waals surface area (Å²) in [7, 11) is 0. The van der Waals surface area contributed by atoms with Crippen molar-refractivity contribution in [2.75, 3.05) is 6.61 Å². The van der Waals surface area contributed by atoms with Gasteiger partial charge in [-0.25, -0.2) is 4.39 Å². The van der Waals surface area contributed by atoms with Crippen molar-refractivity contribution >= 4 is 5.97 Å². The van der Waals surface area contributed by atoms with E-state index < -0.39 is 0 Å². The van der Waals surface area contributed by atoms with E-state index in [0.717, 1.165) is 0 Å². The lowest BCUT2D eigenvalue weighted by molar-refractivity contribution is -0.143. The van der Waals surface area contributed by atoms with E-state index in [1.54, 1.807) is 19.1 Å². The molecule has 0 heterocycles. The second kappa shape index (κ2) is 4.74. The average molecular weight is 196 g/mol. The third-order valence-corrected chi connectivity index (χ3v) is 2.03. The van der Waals surface area contributed by atoms with Gasteiger partial charge < -0.3 is 4.74 Å². The highest BCUT2D eigenvalue weighted by atomic mass is 19.1. The Labute approximate surface area is 82.8 Å². The van der Waals surface area contributed by atoms with Gasteiger partial charge in [0.25, 0.3) is 0 Å². The number of carbonyl (C=O) groups is 1. The van der Waals surface area contributed by atoms with E-state index in [2.05, 4.69) is 6.58 Å². The monoisotopic (exact) mass is 196 g/mol. The zero-order chi connectivity index (χ0) is 10.6. The highest BCUT2D eigenvalue weighted by molar-refractivity contribution is 5.71. The summed E-state index contributed by atoms with van der Waals surface area (Å²) < 4.78 is 17.8. The minimum atomic E-state index is -0.359. The molecule has 0 saturated carbocycles. The van der Waals surface area contributed by atoms with E-state index in [0.29, 0.717) is 12.2 Å². The maximum atomic E-state index is 13.0. The third kappa shape index (κ3) is 2.55. The summed E-state index contributed by atoms with van der Waals surface area (Å²) in [6, 6.07) is 0. The zero-order valence-electron chi connectivity index (χ0n) is 8.13. The van der Waals surface area contributed by atoms with Gasteiger partial charge in [0, 0.05) is 5.92 Å². The van der Waals surface area contributed by atoms with Crippen LogP contribution in [0.15, 0.2) is 36.2 Å². The summed E-state index contributed by atoms with van der Waals surface area (Å²) >= 11 is 0. The molecule has 0 radical (unpaired) electrons. The molecule has 1 rings (SSSR count). The van der Waals surface area contributed by atoms with Crippen molar-refractivity contribution < 1.29 is 13.9 Å². The largest absolute Gasteiger partial charge is 0.466 e. The lowest BCUT2D eigenvalue weighted by atomic mass is 9.92. The van der Waals surface area contributed by atoms with E-state index in [4.69, 9.17) is 4.74 Å². The molecule has 0 spiro atoms. The van der Waals surface area contributed by atoms with Gasteiger partial charge in [-0.2, -0.15) is 0 Å². The fourth-order valence-electron chi connectivity index (χ4n) is 1.27. The van der Waals surface area contributed by atoms with Crippen molar-refractivity contribution in [2.45, 2.75) is 13.3 Å². The first-order valence-electron chi connectivity index (χ1n) is 4.54. The van der Waals surface area contributed by atoms with Crippen LogP contribution in [0.3, 0.4) is 0 Å². The minimum absolute atomic E-state index is 0.157. The van der Waals surface area contributed by atoms with Crippen LogP contribution in [0, 0.1) is 5.92 Å². The van der Waals surface area contributed by atoms with Crippen LogP contribution in [0.1, 0.15) is 13.3 Å². The van der Waals surface area contributed by atoms with Gasteiger partial charge in [0.05, 0.1) is 13.0 Å². The number of carbonyl (C=O) groups excluding carboxylic acids is 1. The third-order valence-electron chi connectivity index (χ3n) is 2.03. The Kier molecular flexibility index (Phi) is 3.63. The molecule has 0 amide bonds. The van der Waals surface area contributed by atoms with Crippen LogP contribution in [0.4, 0.5) is 4.39 Å². The fraction of sp³-hybridized carbons (Fsp3) is 0.364. The maximum Gasteiger partial charge on any atom is 0.306 e. The number of hydrogen-bond acceptors (Lipinski definition) is 2. The molecule has 0 aromatic carbocycles. The molecule has 1 aliphatic carbocycles. The van der Waals surface area contributed by atoms with Crippen molar-refractivity contribution in [2.24, 2.45) is 5.92 Å². The molecule has 2 nitrogen and oxygen atoms in total. The summed E-state index contributed by atoms with van der Waals surface area (Å²) in [5, 5.41) is 0. The molecule has 14 heavy (non-hydrogen) atoms. The molecular weight excluding hydrogens is 183 g/mol. The number of esters is 1. The van der Waals surface area contributed by atoms with Gasteiger partial charge in [0.15, 0.2) is 0 Å². The van der Waals surface area contributed by atoms with E-state index in [1.165, 1.54) is 6.08 Å². The summed E-state index contributed by atoms with van der Waals surface area (Å²) in [4.78, 5) is 11.1. The lowest BCUT2D eigenvalue weighted by Crippen LogP contribution is -2.13. The van der Waals surface area contributed by atoms with E-state index in [9.17, 15) is 9.18 Å². The normalized spacial score (nSPS) is 20.6. The Hall–Kier alpha value is -1.38. The Bertz CT molecular complexity index is 302. The Morgan fingerprint density at radius 2 is 2.43 bits per heavy atom. The molecule has 1 atom stereocenters. The van der Waals surface area contributed by atoms with Crippen LogP contribution in [0.25, 0.3) is 0 Å². The van der Waals surface area contributed by atoms with Crippen LogP contribution < -0.4 is 0 Å². The predicted molar refractivity (Wildman–Crippen MR) is 52.2 cm³/mol. The molecule has 3 heteroatoms. The SMILES string of the molecule is C=C1C(F)=CC=CC1CC(=O)OCC. The van der Waals surface area contributed by atoms with E-state index >= 15 is 0 Å². The van der Waals surface area contributed by atoms with Gasteiger partial charge >= 0.3 is 5.97 Å². The van der Waals surface area contributed by atoms with Crippen molar-refractivity contribution in [3.63, 3.8) is 0 Å². The molecule has 1 unspecified atom stereocenters. The second-order valence-corrected chi connectivity index (χ2v) is 3.04. The second-order valence-electron chi connectivity index (χ2n) is 3.04. The molecule has 0 aliphatic heterocycles.